The average molecular weight is 273 g/mol. The highest BCUT2D eigenvalue weighted by Crippen LogP contribution is 2.23. The highest BCUT2D eigenvalue weighted by molar-refractivity contribution is 7.09. The fourth-order valence-electron chi connectivity index (χ4n) is 2.67. The second-order valence-corrected chi connectivity index (χ2v) is 6.19. The number of halogens is 1. The number of hydrogen-bond acceptors (Lipinski definition) is 3. The van der Waals surface area contributed by atoms with Gasteiger partial charge in [-0.2, -0.15) is 0 Å². The van der Waals surface area contributed by atoms with Crippen molar-refractivity contribution in [2.24, 2.45) is 0 Å². The zero-order valence-corrected chi connectivity index (χ0v) is 12.2. The third kappa shape index (κ3) is 3.43. The summed E-state index contributed by atoms with van der Waals surface area (Å²) >= 11 is 7.51. The maximum Gasteiger partial charge on any atom is 0.0941 e. The van der Waals surface area contributed by atoms with Gasteiger partial charge in [-0.25, -0.2) is 4.98 Å². The topological polar surface area (TPSA) is 16.1 Å². The van der Waals surface area contributed by atoms with Crippen molar-refractivity contribution in [1.29, 1.82) is 0 Å². The van der Waals surface area contributed by atoms with Gasteiger partial charge in [0.1, 0.15) is 0 Å². The van der Waals surface area contributed by atoms with Crippen LogP contribution in [-0.2, 0) is 12.3 Å². The minimum Gasteiger partial charge on any atom is -0.298 e. The summed E-state index contributed by atoms with van der Waals surface area (Å²) in [5.74, 6) is 0.535. The van der Waals surface area contributed by atoms with E-state index in [0.29, 0.717) is 5.88 Å². The molecule has 1 aromatic rings. The minimum atomic E-state index is 0.535. The van der Waals surface area contributed by atoms with Gasteiger partial charge in [-0.15, -0.1) is 22.9 Å². The second-order valence-electron chi connectivity index (χ2n) is 4.98. The van der Waals surface area contributed by atoms with Crippen LogP contribution in [0.3, 0.4) is 0 Å². The summed E-state index contributed by atoms with van der Waals surface area (Å²) in [5.41, 5.74) is 1.02. The molecule has 0 radical (unpaired) electrons. The largest absolute Gasteiger partial charge is 0.298 e. The van der Waals surface area contributed by atoms with Gasteiger partial charge in [0.2, 0.25) is 0 Å². The Bertz CT molecular complexity index is 343. The molecule has 0 bridgehead atoms. The molecule has 1 aliphatic heterocycles. The molecule has 0 N–H and O–H groups in total. The van der Waals surface area contributed by atoms with E-state index in [1.807, 2.05) is 0 Å². The van der Waals surface area contributed by atoms with Crippen LogP contribution in [0.1, 0.15) is 43.8 Å². The molecule has 2 atom stereocenters. The molecule has 0 spiro atoms. The number of piperidine rings is 1. The molecule has 1 fully saturated rings. The van der Waals surface area contributed by atoms with Crippen LogP contribution in [0.2, 0.25) is 0 Å². The minimum absolute atomic E-state index is 0.535. The highest BCUT2D eigenvalue weighted by atomic mass is 35.5. The summed E-state index contributed by atoms with van der Waals surface area (Å²) < 4.78 is 0. The molecule has 2 nitrogen and oxygen atoms in total. The van der Waals surface area contributed by atoms with Crippen molar-refractivity contribution >= 4 is 22.9 Å². The van der Waals surface area contributed by atoms with Gasteiger partial charge < -0.3 is 0 Å². The second kappa shape index (κ2) is 6.17. The zero-order chi connectivity index (χ0) is 12.3. The lowest BCUT2D eigenvalue weighted by Gasteiger charge is -2.38. The standard InChI is InChI=1S/C13H21ClN2S/c1-10-4-3-5-11(2)16(10)7-6-13-15-12(8-14)9-17-13/h9-11H,3-8H2,1-2H3/t10-,11+. The maximum atomic E-state index is 5.77. The molecule has 4 heteroatoms. The summed E-state index contributed by atoms with van der Waals surface area (Å²) in [6, 6.07) is 1.46. The van der Waals surface area contributed by atoms with Crippen LogP contribution in [0.15, 0.2) is 5.38 Å². The molecule has 1 aliphatic rings. The summed E-state index contributed by atoms with van der Waals surface area (Å²) in [5, 5.41) is 3.30. The molecule has 0 saturated carbocycles. The Morgan fingerprint density at radius 3 is 2.71 bits per heavy atom. The van der Waals surface area contributed by atoms with Crippen molar-refractivity contribution in [3.8, 4) is 0 Å². The molecule has 1 aromatic heterocycles. The van der Waals surface area contributed by atoms with Crippen LogP contribution in [0.25, 0.3) is 0 Å². The Hall–Kier alpha value is -0.120. The number of rotatable bonds is 4. The van der Waals surface area contributed by atoms with E-state index in [1.54, 1.807) is 11.3 Å². The first kappa shape index (κ1) is 13.3. The first-order chi connectivity index (χ1) is 8.20. The number of hydrogen-bond donors (Lipinski definition) is 0. The van der Waals surface area contributed by atoms with E-state index >= 15 is 0 Å². The molecule has 0 aliphatic carbocycles. The summed E-state index contributed by atoms with van der Waals surface area (Å²) in [6.07, 6.45) is 5.13. The normalized spacial score (nSPS) is 26.3. The molecule has 0 unspecified atom stereocenters. The van der Waals surface area contributed by atoms with Gasteiger partial charge in [-0.3, -0.25) is 4.90 Å². The van der Waals surface area contributed by atoms with Gasteiger partial charge in [-0.05, 0) is 26.7 Å². The van der Waals surface area contributed by atoms with Crippen LogP contribution >= 0.6 is 22.9 Å². The molecule has 2 heterocycles. The van der Waals surface area contributed by atoms with E-state index in [2.05, 4.69) is 29.1 Å². The van der Waals surface area contributed by atoms with E-state index < -0.39 is 0 Å². The lowest BCUT2D eigenvalue weighted by Crippen LogP contribution is -2.44. The molecular weight excluding hydrogens is 252 g/mol. The number of aromatic nitrogens is 1. The van der Waals surface area contributed by atoms with Crippen molar-refractivity contribution in [2.45, 2.75) is 57.5 Å². The van der Waals surface area contributed by atoms with E-state index in [1.165, 1.54) is 24.3 Å². The Morgan fingerprint density at radius 2 is 2.12 bits per heavy atom. The van der Waals surface area contributed by atoms with E-state index in [9.17, 15) is 0 Å². The zero-order valence-electron chi connectivity index (χ0n) is 10.7. The average Bonchev–Trinajstić information content (AvgIpc) is 2.76. The fraction of sp³-hybridized carbons (Fsp3) is 0.769. The SMILES string of the molecule is C[C@@H]1CCC[C@H](C)N1CCc1nc(CCl)cs1. The van der Waals surface area contributed by atoms with Gasteiger partial charge in [0.25, 0.3) is 0 Å². The molecule has 17 heavy (non-hydrogen) atoms. The van der Waals surface area contributed by atoms with Crippen LogP contribution in [0.4, 0.5) is 0 Å². The van der Waals surface area contributed by atoms with E-state index in [0.717, 1.165) is 30.7 Å². The smallest absolute Gasteiger partial charge is 0.0941 e. The van der Waals surface area contributed by atoms with Gasteiger partial charge in [0.05, 0.1) is 16.6 Å². The van der Waals surface area contributed by atoms with Gasteiger partial charge in [-0.1, -0.05) is 6.42 Å². The predicted octanol–water partition coefficient (Wildman–Crippen LogP) is 3.69. The van der Waals surface area contributed by atoms with Crippen LogP contribution in [-0.4, -0.2) is 28.5 Å². The molecule has 96 valence electrons. The quantitative estimate of drug-likeness (QED) is 0.777. The maximum absolute atomic E-state index is 5.77. The third-order valence-electron chi connectivity index (χ3n) is 3.70. The molecule has 0 aromatic carbocycles. The van der Waals surface area contributed by atoms with Crippen LogP contribution in [0, 0.1) is 0 Å². The van der Waals surface area contributed by atoms with Gasteiger partial charge in [0, 0.05) is 30.4 Å². The first-order valence-corrected chi connectivity index (χ1v) is 7.87. The third-order valence-corrected chi connectivity index (χ3v) is 4.93. The Labute approximate surface area is 113 Å². The summed E-state index contributed by atoms with van der Waals surface area (Å²) in [6.45, 7) is 5.83. The van der Waals surface area contributed by atoms with Crippen molar-refractivity contribution in [2.75, 3.05) is 6.54 Å². The Balaban J connectivity index is 1.87. The highest BCUT2D eigenvalue weighted by Gasteiger charge is 2.24. The Morgan fingerprint density at radius 1 is 1.41 bits per heavy atom. The fourth-order valence-corrected chi connectivity index (χ4v) is 3.68. The van der Waals surface area contributed by atoms with Crippen LogP contribution in [0.5, 0.6) is 0 Å². The summed E-state index contributed by atoms with van der Waals surface area (Å²) in [7, 11) is 0. The number of nitrogens with zero attached hydrogens (tertiary/aromatic N) is 2. The van der Waals surface area contributed by atoms with Crippen molar-refractivity contribution in [3.05, 3.63) is 16.1 Å². The molecule has 1 saturated heterocycles. The molecule has 2 rings (SSSR count). The van der Waals surface area contributed by atoms with E-state index in [-0.39, 0.29) is 0 Å². The first-order valence-electron chi connectivity index (χ1n) is 6.45. The monoisotopic (exact) mass is 272 g/mol. The van der Waals surface area contributed by atoms with Crippen LogP contribution < -0.4 is 0 Å². The lowest BCUT2D eigenvalue weighted by atomic mass is 9.97. The van der Waals surface area contributed by atoms with Crippen molar-refractivity contribution < 1.29 is 0 Å². The molecule has 0 amide bonds. The van der Waals surface area contributed by atoms with E-state index in [4.69, 9.17) is 11.6 Å². The lowest BCUT2D eigenvalue weighted by molar-refractivity contribution is 0.105. The summed E-state index contributed by atoms with van der Waals surface area (Å²) in [4.78, 5) is 7.15. The number of thiazole rings is 1. The van der Waals surface area contributed by atoms with Crippen molar-refractivity contribution in [3.63, 3.8) is 0 Å². The predicted molar refractivity (Wildman–Crippen MR) is 74.9 cm³/mol. The number of likely N-dealkylation sites (tertiary alicyclic amines) is 1. The molecular formula is C13H21ClN2S. The van der Waals surface area contributed by atoms with Gasteiger partial charge in [0.15, 0.2) is 0 Å². The van der Waals surface area contributed by atoms with Gasteiger partial charge >= 0.3 is 0 Å². The Kier molecular flexibility index (Phi) is 4.83. The number of alkyl halides is 1. The van der Waals surface area contributed by atoms with Crippen molar-refractivity contribution in [1.82, 2.24) is 9.88 Å².